The van der Waals surface area contributed by atoms with Crippen LogP contribution in [-0.2, 0) is 6.54 Å². The first-order valence-electron chi connectivity index (χ1n) is 10.9. The number of aryl methyl sites for hydroxylation is 1. The van der Waals surface area contributed by atoms with E-state index in [0.29, 0.717) is 24.3 Å². The molecule has 0 radical (unpaired) electrons. The first-order chi connectivity index (χ1) is 16.8. The Bertz CT molecular complexity index is 1500. The quantitative estimate of drug-likeness (QED) is 0.340. The van der Waals surface area contributed by atoms with Gasteiger partial charge in [0.05, 0.1) is 16.6 Å². The summed E-state index contributed by atoms with van der Waals surface area (Å²) in [6.07, 6.45) is 2.04. The molecule has 3 heterocycles. The van der Waals surface area contributed by atoms with Gasteiger partial charge in [0.1, 0.15) is 6.33 Å². The van der Waals surface area contributed by atoms with Crippen molar-refractivity contribution in [1.82, 2.24) is 45.6 Å². The van der Waals surface area contributed by atoms with Crippen LogP contribution in [0.5, 0.6) is 0 Å². The molecule has 0 bridgehead atoms. The molecule has 3 aromatic heterocycles. The molecular weight excluding hydrogens is 454 g/mol. The molecule has 0 saturated carbocycles. The van der Waals surface area contributed by atoms with Gasteiger partial charge in [-0.15, -0.1) is 5.10 Å². The largest absolute Gasteiger partial charge is 0.329 e. The summed E-state index contributed by atoms with van der Waals surface area (Å²) in [6, 6.07) is 7.87. The fraction of sp³-hybridized carbons (Fsp3) is 0.273. The molecule has 35 heavy (non-hydrogen) atoms. The Balaban J connectivity index is 1.63. The molecule has 0 unspecified atom stereocenters. The van der Waals surface area contributed by atoms with Crippen molar-refractivity contribution in [2.45, 2.75) is 39.7 Å². The van der Waals surface area contributed by atoms with E-state index in [0.717, 1.165) is 0 Å². The minimum Gasteiger partial charge on any atom is -0.278 e. The second-order valence-electron chi connectivity index (χ2n) is 8.07. The number of fused-ring (bicyclic) bond motifs is 1. The predicted molar refractivity (Wildman–Crippen MR) is 125 cm³/mol. The second kappa shape index (κ2) is 9.67. The molecule has 13 nitrogen and oxygen atoms in total. The van der Waals surface area contributed by atoms with E-state index >= 15 is 0 Å². The zero-order chi connectivity index (χ0) is 25.1. The van der Waals surface area contributed by atoms with Crippen LogP contribution in [-0.4, -0.2) is 46.6 Å². The van der Waals surface area contributed by atoms with Crippen LogP contribution >= 0.6 is 0 Å². The number of benzene rings is 1. The van der Waals surface area contributed by atoms with Crippen molar-refractivity contribution in [3.8, 4) is 5.69 Å². The summed E-state index contributed by atoms with van der Waals surface area (Å²) in [5, 5.41) is 10.9. The Labute approximate surface area is 198 Å². The molecule has 0 fully saturated rings. The molecule has 4 rings (SSSR count). The number of hydrogen-bond donors (Lipinski definition) is 3. The number of H-pyrrole nitrogens is 1. The lowest BCUT2D eigenvalue weighted by Gasteiger charge is -2.15. The van der Waals surface area contributed by atoms with Crippen molar-refractivity contribution in [2.24, 2.45) is 0 Å². The zero-order valence-corrected chi connectivity index (χ0v) is 19.3. The highest BCUT2D eigenvalue weighted by molar-refractivity contribution is 6.06. The van der Waals surface area contributed by atoms with Crippen molar-refractivity contribution in [2.75, 3.05) is 0 Å². The Morgan fingerprint density at radius 1 is 1.09 bits per heavy atom. The van der Waals surface area contributed by atoms with Crippen LogP contribution in [0.3, 0.4) is 0 Å². The van der Waals surface area contributed by atoms with Gasteiger partial charge in [0.15, 0.2) is 5.65 Å². The topological polar surface area (TPSA) is 170 Å². The van der Waals surface area contributed by atoms with Gasteiger partial charge in [0.2, 0.25) is 0 Å². The molecule has 4 aromatic rings. The third kappa shape index (κ3) is 4.69. The van der Waals surface area contributed by atoms with E-state index in [-0.39, 0.29) is 28.1 Å². The van der Waals surface area contributed by atoms with E-state index in [1.807, 2.05) is 20.8 Å². The molecule has 0 aliphatic heterocycles. The van der Waals surface area contributed by atoms with E-state index < -0.39 is 23.1 Å². The van der Waals surface area contributed by atoms with Crippen LogP contribution in [0.1, 0.15) is 59.5 Å². The first-order valence-corrected chi connectivity index (χ1v) is 10.9. The number of carbonyl (C=O) groups excluding carboxylic acids is 2. The third-order valence-corrected chi connectivity index (χ3v) is 5.28. The molecule has 0 spiro atoms. The average molecular weight is 477 g/mol. The summed E-state index contributed by atoms with van der Waals surface area (Å²) in [5.74, 6) is -1.37. The SMILES string of the molecule is CCCn1c(=O)[nH]c(=O)c2c(C(=O)NNC(=O)c3ccc(-n4cnnn4)cc3)cc(C(C)C)nc21. The third-order valence-electron chi connectivity index (χ3n) is 5.28. The van der Waals surface area contributed by atoms with Crippen LogP contribution in [0, 0.1) is 0 Å². The average Bonchev–Trinajstić information content (AvgIpc) is 3.39. The number of aromatic amines is 1. The predicted octanol–water partition coefficient (Wildman–Crippen LogP) is 0.669. The number of pyridine rings is 1. The van der Waals surface area contributed by atoms with Gasteiger partial charge in [-0.2, -0.15) is 0 Å². The van der Waals surface area contributed by atoms with Crippen LogP contribution in [0.25, 0.3) is 16.7 Å². The summed E-state index contributed by atoms with van der Waals surface area (Å²) in [5.41, 5.74) is 4.96. The highest BCUT2D eigenvalue weighted by Gasteiger charge is 2.21. The van der Waals surface area contributed by atoms with Gasteiger partial charge in [0, 0.05) is 17.8 Å². The summed E-state index contributed by atoms with van der Waals surface area (Å²) < 4.78 is 2.77. The first kappa shape index (κ1) is 23.5. The Morgan fingerprint density at radius 3 is 2.43 bits per heavy atom. The highest BCUT2D eigenvalue weighted by atomic mass is 16.2. The molecule has 0 atom stereocenters. The molecule has 180 valence electrons. The van der Waals surface area contributed by atoms with Gasteiger partial charge >= 0.3 is 5.69 Å². The fourth-order valence-electron chi connectivity index (χ4n) is 3.50. The number of nitrogens with one attached hydrogen (secondary N) is 3. The smallest absolute Gasteiger partial charge is 0.278 e. The lowest BCUT2D eigenvalue weighted by atomic mass is 10.0. The van der Waals surface area contributed by atoms with Gasteiger partial charge in [-0.25, -0.2) is 14.5 Å². The van der Waals surface area contributed by atoms with Crippen molar-refractivity contribution < 1.29 is 9.59 Å². The van der Waals surface area contributed by atoms with Gasteiger partial charge < -0.3 is 0 Å². The van der Waals surface area contributed by atoms with Gasteiger partial charge in [-0.05, 0) is 53.1 Å². The maximum Gasteiger partial charge on any atom is 0.329 e. The standard InChI is InChI=1S/C22H23N9O4/c1-4-9-30-18-17(21(34)25-22(30)35)15(10-16(24-18)12(2)3)20(33)27-26-19(32)13-5-7-14(8-6-13)31-11-23-28-29-31/h5-8,10-12H,4,9H2,1-3H3,(H,26,32)(H,27,33)(H,25,34,35). The fourth-order valence-corrected chi connectivity index (χ4v) is 3.50. The van der Waals surface area contributed by atoms with Crippen LogP contribution in [0.2, 0.25) is 0 Å². The normalized spacial score (nSPS) is 11.1. The zero-order valence-electron chi connectivity index (χ0n) is 19.3. The Hall–Kier alpha value is -4.68. The molecule has 0 aliphatic carbocycles. The van der Waals surface area contributed by atoms with E-state index in [9.17, 15) is 19.2 Å². The lowest BCUT2D eigenvalue weighted by Crippen LogP contribution is -2.42. The minimum atomic E-state index is -0.727. The molecule has 13 heteroatoms. The van der Waals surface area contributed by atoms with Gasteiger partial charge in [-0.1, -0.05) is 20.8 Å². The summed E-state index contributed by atoms with van der Waals surface area (Å²) in [6.45, 7) is 5.96. The van der Waals surface area contributed by atoms with Crippen LogP contribution in [0.4, 0.5) is 0 Å². The molecule has 2 amide bonds. The number of hydrazine groups is 1. The number of carbonyl (C=O) groups is 2. The van der Waals surface area contributed by atoms with Crippen molar-refractivity contribution >= 4 is 22.8 Å². The monoisotopic (exact) mass is 477 g/mol. The highest BCUT2D eigenvalue weighted by Crippen LogP contribution is 2.19. The van der Waals surface area contributed by atoms with Gasteiger partial charge in [0.25, 0.3) is 17.4 Å². The second-order valence-corrected chi connectivity index (χ2v) is 8.07. The van der Waals surface area contributed by atoms with Crippen LogP contribution in [0.15, 0.2) is 46.2 Å². The number of rotatable bonds is 6. The summed E-state index contributed by atoms with van der Waals surface area (Å²) >= 11 is 0. The van der Waals surface area contributed by atoms with Crippen molar-refractivity contribution in [3.63, 3.8) is 0 Å². The Morgan fingerprint density at radius 2 is 1.80 bits per heavy atom. The summed E-state index contributed by atoms with van der Waals surface area (Å²) in [7, 11) is 0. The lowest BCUT2D eigenvalue weighted by molar-refractivity contribution is 0.0847. The number of tetrazole rings is 1. The van der Waals surface area contributed by atoms with E-state index in [1.54, 1.807) is 24.3 Å². The van der Waals surface area contributed by atoms with Crippen molar-refractivity contribution in [3.05, 3.63) is 74.3 Å². The van der Waals surface area contributed by atoms with E-state index in [1.165, 1.54) is 21.6 Å². The van der Waals surface area contributed by atoms with Crippen LogP contribution < -0.4 is 22.1 Å². The van der Waals surface area contributed by atoms with Crippen molar-refractivity contribution in [1.29, 1.82) is 0 Å². The maximum absolute atomic E-state index is 13.1. The van der Waals surface area contributed by atoms with Gasteiger partial charge in [-0.3, -0.25) is 34.8 Å². The van der Waals surface area contributed by atoms with E-state index in [2.05, 4.69) is 36.3 Å². The number of hydrogen-bond acceptors (Lipinski definition) is 8. The number of aromatic nitrogens is 7. The number of amides is 2. The molecule has 0 saturated heterocycles. The maximum atomic E-state index is 13.1. The molecule has 3 N–H and O–H groups in total. The summed E-state index contributed by atoms with van der Waals surface area (Å²) in [4.78, 5) is 57.4. The minimum absolute atomic E-state index is 0.000803. The number of nitrogens with zero attached hydrogens (tertiary/aromatic N) is 6. The van der Waals surface area contributed by atoms with E-state index in [4.69, 9.17) is 0 Å². The molecule has 1 aromatic carbocycles. The molecular formula is C22H23N9O4. The Kier molecular flexibility index (Phi) is 6.48. The molecule has 0 aliphatic rings.